The molecule has 4 aliphatic rings. The Labute approximate surface area is 182 Å². The molecule has 0 aromatic heterocycles. The maximum Gasteiger partial charge on any atom is 0.522 e. The van der Waals surface area contributed by atoms with Crippen LogP contribution in [0.4, 0.5) is 13.2 Å². The van der Waals surface area contributed by atoms with E-state index in [4.69, 9.17) is 0 Å². The highest BCUT2D eigenvalue weighted by Gasteiger charge is 2.60. The van der Waals surface area contributed by atoms with Crippen molar-refractivity contribution in [3.05, 3.63) is 0 Å². The molecule has 2 saturated carbocycles. The van der Waals surface area contributed by atoms with Crippen LogP contribution in [-0.2, 0) is 23.9 Å². The van der Waals surface area contributed by atoms with Gasteiger partial charge >= 0.3 is 6.36 Å². The van der Waals surface area contributed by atoms with Crippen LogP contribution in [0.1, 0.15) is 44.9 Å². The molecule has 1 spiro atoms. The Bertz CT molecular complexity index is 824. The van der Waals surface area contributed by atoms with E-state index >= 15 is 0 Å². The second-order valence-corrected chi connectivity index (χ2v) is 9.46. The summed E-state index contributed by atoms with van der Waals surface area (Å²) >= 11 is 0. The van der Waals surface area contributed by atoms with E-state index in [1.807, 2.05) is 0 Å². The highest BCUT2D eigenvalue weighted by atomic mass is 19.4. The first kappa shape index (κ1) is 23.0. The molecule has 2 heterocycles. The fourth-order valence-electron chi connectivity index (χ4n) is 4.59. The second-order valence-electron chi connectivity index (χ2n) is 9.46. The summed E-state index contributed by atoms with van der Waals surface area (Å²) in [5.41, 5.74) is -1.65. The van der Waals surface area contributed by atoms with Crippen LogP contribution in [0.25, 0.3) is 0 Å². The average molecular weight is 461 g/mol. The Morgan fingerprint density at radius 3 is 2.47 bits per heavy atom. The first-order valence-corrected chi connectivity index (χ1v) is 10.8. The molecular weight excluding hydrogens is 435 g/mol. The third kappa shape index (κ3) is 4.90. The summed E-state index contributed by atoms with van der Waals surface area (Å²) in [5.74, 6) is -3.17. The SMILES string of the molecule is O=C1NCC[C@H]1C[C@H](NC(=O)[C@@H]1CC2(CC2)CN1C(=O)C1(O)CC1)C(=O)COC(F)(F)F. The summed E-state index contributed by atoms with van der Waals surface area (Å²) < 4.78 is 40.9. The first-order valence-electron chi connectivity index (χ1n) is 10.8. The molecule has 0 unspecified atom stereocenters. The van der Waals surface area contributed by atoms with Crippen LogP contribution in [0, 0.1) is 11.3 Å². The summed E-state index contributed by atoms with van der Waals surface area (Å²) in [4.78, 5) is 51.6. The Morgan fingerprint density at radius 2 is 1.94 bits per heavy atom. The Kier molecular flexibility index (Phi) is 5.73. The lowest BCUT2D eigenvalue weighted by atomic mass is 9.95. The van der Waals surface area contributed by atoms with Crippen molar-refractivity contribution in [3.63, 3.8) is 0 Å². The average Bonchev–Trinajstić information content (AvgIpc) is 3.56. The molecule has 3 N–H and O–H groups in total. The zero-order valence-electron chi connectivity index (χ0n) is 17.4. The molecule has 3 amide bonds. The van der Waals surface area contributed by atoms with Crippen molar-refractivity contribution in [3.8, 4) is 0 Å². The molecule has 3 atom stereocenters. The number of carbonyl (C=O) groups excluding carboxylic acids is 4. The third-order valence-electron chi connectivity index (χ3n) is 6.92. The maximum absolute atomic E-state index is 13.1. The topological polar surface area (TPSA) is 125 Å². The van der Waals surface area contributed by atoms with Crippen molar-refractivity contribution >= 4 is 23.5 Å². The number of nitrogens with one attached hydrogen (secondary N) is 2. The van der Waals surface area contributed by atoms with Crippen LogP contribution >= 0.6 is 0 Å². The number of likely N-dealkylation sites (tertiary alicyclic amines) is 1. The summed E-state index contributed by atoms with van der Waals surface area (Å²) in [6.07, 6.45) is -2.11. The van der Waals surface area contributed by atoms with Gasteiger partial charge in [-0.05, 0) is 50.4 Å². The third-order valence-corrected chi connectivity index (χ3v) is 6.92. The van der Waals surface area contributed by atoms with E-state index in [1.54, 1.807) is 0 Å². The molecule has 32 heavy (non-hydrogen) atoms. The molecule has 178 valence electrons. The minimum absolute atomic E-state index is 0.159. The Balaban J connectivity index is 1.47. The number of hydrogen-bond acceptors (Lipinski definition) is 6. The van der Waals surface area contributed by atoms with Crippen molar-refractivity contribution in [1.29, 1.82) is 0 Å². The monoisotopic (exact) mass is 461 g/mol. The minimum Gasteiger partial charge on any atom is -0.380 e. The lowest BCUT2D eigenvalue weighted by Crippen LogP contribution is -2.54. The molecule has 4 rings (SSSR count). The minimum atomic E-state index is -5.01. The number of carbonyl (C=O) groups is 4. The van der Waals surface area contributed by atoms with Gasteiger partial charge in [0.05, 0.1) is 6.04 Å². The largest absolute Gasteiger partial charge is 0.522 e. The smallest absolute Gasteiger partial charge is 0.380 e. The molecule has 2 aliphatic heterocycles. The predicted octanol–water partition coefficient (Wildman–Crippen LogP) is 0.00890. The normalized spacial score (nSPS) is 28.4. The number of ether oxygens (including phenoxy) is 1. The van der Waals surface area contributed by atoms with Gasteiger partial charge in [0, 0.05) is 19.0 Å². The Hall–Kier alpha value is -2.21. The first-order chi connectivity index (χ1) is 14.9. The predicted molar refractivity (Wildman–Crippen MR) is 101 cm³/mol. The number of ketones is 1. The van der Waals surface area contributed by atoms with Crippen molar-refractivity contribution < 1.29 is 42.2 Å². The van der Waals surface area contributed by atoms with Crippen LogP contribution in [0.5, 0.6) is 0 Å². The van der Waals surface area contributed by atoms with E-state index in [0.717, 1.165) is 12.8 Å². The van der Waals surface area contributed by atoms with Crippen LogP contribution in [0.15, 0.2) is 0 Å². The van der Waals surface area contributed by atoms with Gasteiger partial charge in [0.15, 0.2) is 5.78 Å². The summed E-state index contributed by atoms with van der Waals surface area (Å²) in [6, 6.07) is -2.29. The van der Waals surface area contributed by atoms with Crippen LogP contribution in [-0.4, -0.2) is 77.3 Å². The van der Waals surface area contributed by atoms with Gasteiger partial charge in [-0.25, -0.2) is 0 Å². The number of rotatable bonds is 8. The van der Waals surface area contributed by atoms with Gasteiger partial charge in [-0.1, -0.05) is 0 Å². The number of aliphatic hydroxyl groups is 1. The standard InChI is InChI=1S/C20H26F3N3O6/c21-20(22,23)32-9-14(27)12(7-11-1-6-24-15(11)28)25-16(29)13-8-18(2-3-18)10-26(13)17(30)19(31)4-5-19/h11-13,31H,1-10H2,(H,24,28)(H,25,29)/t11-,12-,13-/m0/s1. The summed E-state index contributed by atoms with van der Waals surface area (Å²) in [7, 11) is 0. The number of Topliss-reactive ketones (excluding diaryl/α,β-unsaturated/α-hetero) is 1. The van der Waals surface area contributed by atoms with Crippen molar-refractivity contribution in [2.75, 3.05) is 19.7 Å². The van der Waals surface area contributed by atoms with E-state index in [-0.39, 0.29) is 17.7 Å². The van der Waals surface area contributed by atoms with Gasteiger partial charge in [0.25, 0.3) is 5.91 Å². The van der Waals surface area contributed by atoms with Gasteiger partial charge in [0.1, 0.15) is 18.2 Å². The van der Waals surface area contributed by atoms with E-state index in [1.165, 1.54) is 4.90 Å². The summed E-state index contributed by atoms with van der Waals surface area (Å²) in [5, 5.41) is 15.3. The molecular formula is C20H26F3N3O6. The maximum atomic E-state index is 13.1. The summed E-state index contributed by atoms with van der Waals surface area (Å²) in [6.45, 7) is -0.587. The molecule has 12 heteroatoms. The lowest BCUT2D eigenvalue weighted by Gasteiger charge is -2.28. The van der Waals surface area contributed by atoms with Gasteiger partial charge < -0.3 is 20.6 Å². The molecule has 2 saturated heterocycles. The molecule has 0 aromatic carbocycles. The van der Waals surface area contributed by atoms with E-state index < -0.39 is 54.2 Å². The van der Waals surface area contributed by atoms with E-state index in [0.29, 0.717) is 38.8 Å². The number of halogens is 3. The van der Waals surface area contributed by atoms with E-state index in [2.05, 4.69) is 15.4 Å². The second kappa shape index (κ2) is 7.98. The van der Waals surface area contributed by atoms with Crippen LogP contribution < -0.4 is 10.6 Å². The molecule has 0 bridgehead atoms. The number of hydrogen-bond donors (Lipinski definition) is 3. The van der Waals surface area contributed by atoms with Crippen molar-refractivity contribution in [2.45, 2.75) is 69.0 Å². The van der Waals surface area contributed by atoms with Gasteiger partial charge in [-0.3, -0.25) is 23.9 Å². The highest BCUT2D eigenvalue weighted by Crippen LogP contribution is 2.56. The molecule has 0 radical (unpaired) electrons. The fraction of sp³-hybridized carbons (Fsp3) is 0.800. The van der Waals surface area contributed by atoms with Crippen molar-refractivity contribution in [2.24, 2.45) is 11.3 Å². The van der Waals surface area contributed by atoms with Gasteiger partial charge in [-0.15, -0.1) is 13.2 Å². The van der Waals surface area contributed by atoms with Crippen LogP contribution in [0.3, 0.4) is 0 Å². The zero-order valence-corrected chi connectivity index (χ0v) is 17.4. The Morgan fingerprint density at radius 1 is 1.25 bits per heavy atom. The molecule has 2 aliphatic carbocycles. The number of alkyl halides is 3. The molecule has 4 fully saturated rings. The van der Waals surface area contributed by atoms with Crippen molar-refractivity contribution in [1.82, 2.24) is 15.5 Å². The van der Waals surface area contributed by atoms with E-state index in [9.17, 15) is 37.5 Å². The lowest BCUT2D eigenvalue weighted by molar-refractivity contribution is -0.321. The van der Waals surface area contributed by atoms with Gasteiger partial charge in [-0.2, -0.15) is 0 Å². The van der Waals surface area contributed by atoms with Crippen LogP contribution in [0.2, 0.25) is 0 Å². The number of nitrogens with zero attached hydrogens (tertiary/aromatic N) is 1. The molecule has 0 aromatic rings. The molecule has 9 nitrogen and oxygen atoms in total. The quantitative estimate of drug-likeness (QED) is 0.468. The van der Waals surface area contributed by atoms with Gasteiger partial charge in [0.2, 0.25) is 11.8 Å². The zero-order chi connectivity index (χ0) is 23.3. The number of amides is 3. The fourth-order valence-corrected chi connectivity index (χ4v) is 4.59. The highest BCUT2D eigenvalue weighted by molar-refractivity contribution is 5.96.